The van der Waals surface area contributed by atoms with E-state index in [4.69, 9.17) is 15.2 Å². The lowest BCUT2D eigenvalue weighted by molar-refractivity contribution is -0.145. The molecule has 0 bridgehead atoms. The lowest BCUT2D eigenvalue weighted by Gasteiger charge is -2.28. The van der Waals surface area contributed by atoms with Gasteiger partial charge in [-0.05, 0) is 25.0 Å². The molecule has 5 N–H and O–H groups in total. The Hall–Kier alpha value is -5.02. The molecule has 2 aliphatic rings. The van der Waals surface area contributed by atoms with E-state index in [9.17, 15) is 28.8 Å². The quantitative estimate of drug-likeness (QED) is 0.173. The standard InChI is InChI=1S/C31H39N7O8/c1-20(34-31(44)36-13-15-45-16-14-36)27(40)33-21(2)28(41)35-38(19-24(32)39)30(43)26-25(46-26)29(42)37(17-22-9-5-3-6-10-22)18-23-11-7-4-8-12-23/h3-12,20-21,25-26H,13-19H2,1-2H3,(H2,32,39)(H,33,40)(H,34,44)(H,35,41)/t20-,21+,25+,26+/m1/s1. The van der Waals surface area contributed by atoms with E-state index in [1.54, 1.807) is 4.90 Å². The number of nitrogens with zero attached hydrogens (tertiary/aromatic N) is 3. The van der Waals surface area contributed by atoms with Crippen LogP contribution < -0.4 is 21.8 Å². The van der Waals surface area contributed by atoms with E-state index < -0.39 is 66.4 Å². The Morgan fingerprint density at radius 1 is 0.804 bits per heavy atom. The van der Waals surface area contributed by atoms with E-state index in [1.807, 2.05) is 60.7 Å². The summed E-state index contributed by atoms with van der Waals surface area (Å²) in [6.45, 7) is 4.21. The van der Waals surface area contributed by atoms with Crippen LogP contribution in [-0.4, -0.2) is 108 Å². The van der Waals surface area contributed by atoms with E-state index in [0.29, 0.717) is 31.3 Å². The van der Waals surface area contributed by atoms with E-state index in [1.165, 1.54) is 18.7 Å². The maximum Gasteiger partial charge on any atom is 0.318 e. The number of primary amides is 1. The van der Waals surface area contributed by atoms with Gasteiger partial charge in [-0.2, -0.15) is 0 Å². The number of carbonyl (C=O) groups excluding carboxylic acids is 6. The first-order chi connectivity index (χ1) is 22.0. The first-order valence-corrected chi connectivity index (χ1v) is 14.9. The highest BCUT2D eigenvalue weighted by atomic mass is 16.6. The maximum atomic E-state index is 13.5. The minimum Gasteiger partial charge on any atom is -0.378 e. The number of nitrogens with one attached hydrogen (secondary N) is 3. The second-order valence-electron chi connectivity index (χ2n) is 11.0. The average Bonchev–Trinajstić information content (AvgIpc) is 3.85. The van der Waals surface area contributed by atoms with Crippen molar-refractivity contribution in [2.45, 2.75) is 51.2 Å². The lowest BCUT2D eigenvalue weighted by atomic mass is 10.1. The molecule has 2 saturated heterocycles. The van der Waals surface area contributed by atoms with Crippen LogP contribution >= 0.6 is 0 Å². The number of nitrogens with two attached hydrogens (primary N) is 1. The second kappa shape index (κ2) is 15.8. The molecule has 0 unspecified atom stereocenters. The highest BCUT2D eigenvalue weighted by Gasteiger charge is 2.53. The zero-order chi connectivity index (χ0) is 33.2. The minimum atomic E-state index is -1.26. The molecule has 4 atom stereocenters. The van der Waals surface area contributed by atoms with Gasteiger partial charge in [0, 0.05) is 26.2 Å². The van der Waals surface area contributed by atoms with Crippen LogP contribution in [0.3, 0.4) is 0 Å². The van der Waals surface area contributed by atoms with Crippen LogP contribution in [0.25, 0.3) is 0 Å². The number of rotatable bonds is 12. The summed E-state index contributed by atoms with van der Waals surface area (Å²) in [4.78, 5) is 79.7. The van der Waals surface area contributed by atoms with E-state index in [-0.39, 0.29) is 13.1 Å². The third-order valence-corrected chi connectivity index (χ3v) is 7.33. The largest absolute Gasteiger partial charge is 0.378 e. The number of hydrazine groups is 1. The fourth-order valence-electron chi connectivity index (χ4n) is 4.71. The van der Waals surface area contributed by atoms with Crippen molar-refractivity contribution in [3.63, 3.8) is 0 Å². The van der Waals surface area contributed by atoms with Crippen LogP contribution in [0, 0.1) is 0 Å². The van der Waals surface area contributed by atoms with E-state index >= 15 is 0 Å². The number of urea groups is 1. The van der Waals surface area contributed by atoms with Crippen molar-refractivity contribution < 1.29 is 38.2 Å². The first-order valence-electron chi connectivity index (χ1n) is 14.9. The van der Waals surface area contributed by atoms with Gasteiger partial charge in [-0.15, -0.1) is 0 Å². The van der Waals surface area contributed by atoms with Crippen LogP contribution in [0.4, 0.5) is 4.79 Å². The normalized spacial score (nSPS) is 18.3. The zero-order valence-electron chi connectivity index (χ0n) is 25.7. The summed E-state index contributed by atoms with van der Waals surface area (Å²) in [6.07, 6.45) is -2.40. The molecule has 0 aromatic heterocycles. The summed E-state index contributed by atoms with van der Waals surface area (Å²) in [5.74, 6) is -3.71. The molecule has 2 aliphatic heterocycles. The molecule has 2 fully saturated rings. The van der Waals surface area contributed by atoms with Crippen LogP contribution in [-0.2, 0) is 46.5 Å². The molecule has 2 heterocycles. The van der Waals surface area contributed by atoms with Crippen molar-refractivity contribution in [2.75, 3.05) is 32.8 Å². The van der Waals surface area contributed by atoms with Gasteiger partial charge in [-0.3, -0.25) is 29.4 Å². The predicted octanol–water partition coefficient (Wildman–Crippen LogP) is -0.737. The number of morpholine rings is 1. The zero-order valence-corrected chi connectivity index (χ0v) is 25.7. The monoisotopic (exact) mass is 637 g/mol. The van der Waals surface area contributed by atoms with Crippen LogP contribution in [0.2, 0.25) is 0 Å². The van der Waals surface area contributed by atoms with Gasteiger partial charge in [0.2, 0.25) is 11.8 Å². The number of amides is 7. The molecular weight excluding hydrogens is 598 g/mol. The molecule has 0 radical (unpaired) electrons. The maximum absolute atomic E-state index is 13.5. The molecule has 0 spiro atoms. The van der Waals surface area contributed by atoms with Gasteiger partial charge in [-0.25, -0.2) is 9.80 Å². The van der Waals surface area contributed by atoms with E-state index in [2.05, 4.69) is 16.1 Å². The summed E-state index contributed by atoms with van der Waals surface area (Å²) >= 11 is 0. The Kier molecular flexibility index (Phi) is 11.6. The fraction of sp³-hybridized carbons (Fsp3) is 0.419. The molecule has 0 saturated carbocycles. The number of benzene rings is 2. The van der Waals surface area contributed by atoms with Crippen LogP contribution in [0.5, 0.6) is 0 Å². The Bertz CT molecular complexity index is 1360. The summed E-state index contributed by atoms with van der Waals surface area (Å²) in [5, 5.41) is 5.70. The van der Waals surface area contributed by atoms with Gasteiger partial charge >= 0.3 is 6.03 Å². The van der Waals surface area contributed by atoms with Gasteiger partial charge in [0.25, 0.3) is 17.7 Å². The number of hydrogen-bond acceptors (Lipinski definition) is 8. The molecule has 4 rings (SSSR count). The molecule has 15 heteroatoms. The van der Waals surface area contributed by atoms with Crippen molar-refractivity contribution in [3.8, 4) is 0 Å². The molecule has 7 amide bonds. The Morgan fingerprint density at radius 3 is 1.87 bits per heavy atom. The van der Waals surface area contributed by atoms with Gasteiger partial charge in [0.1, 0.15) is 18.6 Å². The Balaban J connectivity index is 1.35. The summed E-state index contributed by atoms with van der Waals surface area (Å²) < 4.78 is 10.7. The molecule has 15 nitrogen and oxygen atoms in total. The van der Waals surface area contributed by atoms with E-state index in [0.717, 1.165) is 11.1 Å². The number of epoxide rings is 1. The molecule has 0 aliphatic carbocycles. The summed E-state index contributed by atoms with van der Waals surface area (Å²) in [5.41, 5.74) is 9.37. The Labute approximate surface area is 266 Å². The molecule has 246 valence electrons. The lowest BCUT2D eigenvalue weighted by Crippen LogP contribution is -2.58. The predicted molar refractivity (Wildman–Crippen MR) is 163 cm³/mol. The first kappa shape index (κ1) is 33.9. The van der Waals surface area contributed by atoms with Crippen molar-refractivity contribution in [3.05, 3.63) is 71.8 Å². The van der Waals surface area contributed by atoms with Gasteiger partial charge in [-0.1, -0.05) is 60.7 Å². The summed E-state index contributed by atoms with van der Waals surface area (Å²) in [7, 11) is 0. The van der Waals surface area contributed by atoms with Crippen LogP contribution in [0.1, 0.15) is 25.0 Å². The van der Waals surface area contributed by atoms with Crippen molar-refractivity contribution in [1.82, 2.24) is 30.9 Å². The fourth-order valence-corrected chi connectivity index (χ4v) is 4.71. The highest BCUT2D eigenvalue weighted by molar-refractivity contribution is 5.98. The van der Waals surface area contributed by atoms with Gasteiger partial charge in [0.15, 0.2) is 12.2 Å². The van der Waals surface area contributed by atoms with Gasteiger partial charge in [0.05, 0.1) is 13.2 Å². The highest BCUT2D eigenvalue weighted by Crippen LogP contribution is 2.27. The van der Waals surface area contributed by atoms with Crippen molar-refractivity contribution in [2.24, 2.45) is 5.73 Å². The molecule has 46 heavy (non-hydrogen) atoms. The average molecular weight is 638 g/mol. The third-order valence-electron chi connectivity index (χ3n) is 7.33. The smallest absolute Gasteiger partial charge is 0.318 e. The van der Waals surface area contributed by atoms with Crippen molar-refractivity contribution in [1.29, 1.82) is 0 Å². The summed E-state index contributed by atoms with van der Waals surface area (Å²) in [6, 6.07) is 16.1. The number of hydrogen-bond donors (Lipinski definition) is 4. The molecule has 2 aromatic rings. The van der Waals surface area contributed by atoms with Crippen LogP contribution in [0.15, 0.2) is 60.7 Å². The third kappa shape index (κ3) is 9.49. The second-order valence-corrected chi connectivity index (χ2v) is 11.0. The topological polar surface area (TPSA) is 196 Å². The Morgan fingerprint density at radius 2 is 1.33 bits per heavy atom. The number of ether oxygens (including phenoxy) is 2. The SMILES string of the molecule is C[C@H](NC(=O)[C@@H](C)NC(=O)N1CCOCC1)C(=O)NN(CC(N)=O)C(=O)[C@H]1O[C@@H]1C(=O)N(Cc1ccccc1)Cc1ccccc1. The van der Waals surface area contributed by atoms with Crippen molar-refractivity contribution >= 4 is 35.6 Å². The minimum absolute atomic E-state index is 0.264. The molecule has 2 aromatic carbocycles. The van der Waals surface area contributed by atoms with Gasteiger partial charge < -0.3 is 35.6 Å². The molecular formula is C31H39N7O8. The number of carbonyl (C=O) groups is 6.